The summed E-state index contributed by atoms with van der Waals surface area (Å²) in [5, 5.41) is 8.15. The van der Waals surface area contributed by atoms with Gasteiger partial charge in [0.1, 0.15) is 5.82 Å². The number of hydrogen-bond donors (Lipinski definition) is 2. The van der Waals surface area contributed by atoms with E-state index < -0.39 is 0 Å². The fourth-order valence-electron chi connectivity index (χ4n) is 5.05. The fourth-order valence-corrected chi connectivity index (χ4v) is 5.05. The van der Waals surface area contributed by atoms with E-state index in [1.165, 1.54) is 16.6 Å². The molecular formula is C27H32N4O. The highest BCUT2D eigenvalue weighted by atomic mass is 16.2. The number of benzene rings is 2. The van der Waals surface area contributed by atoms with Gasteiger partial charge >= 0.3 is 0 Å². The molecule has 2 saturated carbocycles. The van der Waals surface area contributed by atoms with Crippen molar-refractivity contribution in [2.24, 2.45) is 5.92 Å². The minimum absolute atomic E-state index is 0.152. The lowest BCUT2D eigenvalue weighted by molar-refractivity contribution is -0.123. The van der Waals surface area contributed by atoms with Gasteiger partial charge < -0.3 is 15.5 Å². The molecule has 2 fully saturated rings. The summed E-state index contributed by atoms with van der Waals surface area (Å²) in [5.41, 5.74) is 3.48. The van der Waals surface area contributed by atoms with Gasteiger partial charge in [-0.25, -0.2) is 4.98 Å². The largest absolute Gasteiger partial charge is 0.377 e. The first-order valence-corrected chi connectivity index (χ1v) is 11.8. The van der Waals surface area contributed by atoms with Crippen LogP contribution in [0, 0.1) is 5.92 Å². The average Bonchev–Trinajstić information content (AvgIpc) is 3.62. The van der Waals surface area contributed by atoms with E-state index in [2.05, 4.69) is 78.2 Å². The fraction of sp³-hybridized carbons (Fsp3) is 0.407. The molecular weight excluding hydrogens is 396 g/mol. The summed E-state index contributed by atoms with van der Waals surface area (Å²) >= 11 is 0. The minimum atomic E-state index is 0.152. The molecule has 0 bridgehead atoms. The number of aromatic nitrogens is 1. The summed E-state index contributed by atoms with van der Waals surface area (Å²) in [4.78, 5) is 19.7. The van der Waals surface area contributed by atoms with Gasteiger partial charge in [0.2, 0.25) is 5.91 Å². The Balaban J connectivity index is 1.15. The number of fused-ring (bicyclic) bond motifs is 1. The summed E-state index contributed by atoms with van der Waals surface area (Å²) in [5.74, 6) is 1.73. The van der Waals surface area contributed by atoms with E-state index in [9.17, 15) is 4.79 Å². The van der Waals surface area contributed by atoms with E-state index in [1.807, 2.05) is 12.1 Å². The van der Waals surface area contributed by atoms with Crippen LogP contribution in [0.15, 0.2) is 60.7 Å². The molecule has 0 spiro atoms. The minimum Gasteiger partial charge on any atom is -0.377 e. The van der Waals surface area contributed by atoms with Crippen LogP contribution in [-0.4, -0.2) is 37.1 Å². The number of pyridine rings is 1. The second kappa shape index (κ2) is 8.81. The van der Waals surface area contributed by atoms with Gasteiger partial charge in [-0.1, -0.05) is 48.5 Å². The van der Waals surface area contributed by atoms with Gasteiger partial charge in [0, 0.05) is 49.2 Å². The average molecular weight is 429 g/mol. The van der Waals surface area contributed by atoms with Gasteiger partial charge in [-0.15, -0.1) is 0 Å². The van der Waals surface area contributed by atoms with Crippen molar-refractivity contribution in [3.8, 4) is 0 Å². The quantitative estimate of drug-likeness (QED) is 0.584. The van der Waals surface area contributed by atoms with Crippen molar-refractivity contribution in [2.75, 3.05) is 24.3 Å². The molecule has 1 amide bonds. The number of hydrogen-bond acceptors (Lipinski definition) is 4. The van der Waals surface area contributed by atoms with Crippen LogP contribution in [0.25, 0.3) is 10.9 Å². The molecule has 0 aliphatic heterocycles. The lowest BCUT2D eigenvalue weighted by Crippen LogP contribution is -2.41. The van der Waals surface area contributed by atoms with Crippen LogP contribution in [0.3, 0.4) is 0 Å². The summed E-state index contributed by atoms with van der Waals surface area (Å²) in [6.45, 7) is 0. The van der Waals surface area contributed by atoms with Crippen molar-refractivity contribution in [2.45, 2.75) is 50.1 Å². The third kappa shape index (κ3) is 4.43. The molecule has 32 heavy (non-hydrogen) atoms. The monoisotopic (exact) mass is 428 g/mol. The molecule has 166 valence electrons. The van der Waals surface area contributed by atoms with Crippen LogP contribution in [0.2, 0.25) is 0 Å². The second-order valence-electron chi connectivity index (χ2n) is 9.50. The highest BCUT2D eigenvalue weighted by Crippen LogP contribution is 2.47. The number of nitrogens with zero attached hydrogens (tertiary/aromatic N) is 2. The number of anilines is 2. The van der Waals surface area contributed by atoms with E-state index in [0.717, 1.165) is 43.4 Å². The Labute approximate surface area is 190 Å². The topological polar surface area (TPSA) is 57.3 Å². The Hall–Kier alpha value is -3.08. The number of nitrogens with one attached hydrogen (secondary N) is 2. The molecule has 2 aromatic carbocycles. The predicted molar refractivity (Wildman–Crippen MR) is 131 cm³/mol. The maximum atomic E-state index is 12.7. The highest BCUT2D eigenvalue weighted by molar-refractivity contribution is 5.93. The number of carbonyl (C=O) groups excluding carboxylic acids is 1. The number of rotatable bonds is 6. The smallest absolute Gasteiger partial charge is 0.223 e. The van der Waals surface area contributed by atoms with E-state index in [4.69, 9.17) is 4.98 Å². The molecule has 1 unspecified atom stereocenters. The first-order chi connectivity index (χ1) is 15.6. The zero-order valence-corrected chi connectivity index (χ0v) is 18.9. The molecule has 2 aliphatic carbocycles. The molecule has 2 aliphatic rings. The molecule has 0 radical (unpaired) electrons. The Morgan fingerprint density at radius 3 is 2.38 bits per heavy atom. The van der Waals surface area contributed by atoms with Gasteiger partial charge in [0.15, 0.2) is 0 Å². The summed E-state index contributed by atoms with van der Waals surface area (Å²) in [6, 6.07) is 21.5. The lowest BCUT2D eigenvalue weighted by atomic mass is 9.91. The molecule has 3 aromatic rings. The molecule has 2 N–H and O–H groups in total. The Morgan fingerprint density at radius 1 is 0.938 bits per heavy atom. The third-order valence-corrected chi connectivity index (χ3v) is 6.96. The number of para-hydroxylation sites is 1. The van der Waals surface area contributed by atoms with E-state index in [-0.39, 0.29) is 11.8 Å². The second-order valence-corrected chi connectivity index (χ2v) is 9.50. The normalized spacial score (nSPS) is 24.7. The molecule has 5 nitrogen and oxygen atoms in total. The van der Waals surface area contributed by atoms with E-state index in [0.29, 0.717) is 18.0 Å². The SMILES string of the molecule is CN(C)c1cc(N[C@H]2CC[C@@H](NC(=O)C3C[C@H]3c3ccccc3)CC2)nc2ccccc12. The molecule has 5 heteroatoms. The van der Waals surface area contributed by atoms with E-state index >= 15 is 0 Å². The standard InChI is InChI=1S/C27H32N4O/c1-31(2)25-17-26(30-24-11-7-6-10-21(24)25)28-19-12-14-20(15-13-19)29-27(32)23-16-22(23)18-8-4-3-5-9-18/h3-11,17,19-20,22-23H,12-16H2,1-2H3,(H,28,30)(H,29,32)/t19-,20+,22-,23?/m0/s1. The van der Waals surface area contributed by atoms with Crippen LogP contribution in [-0.2, 0) is 4.79 Å². The molecule has 1 aromatic heterocycles. The van der Waals surface area contributed by atoms with Crippen LogP contribution in [0.5, 0.6) is 0 Å². The van der Waals surface area contributed by atoms with E-state index in [1.54, 1.807) is 0 Å². The number of carbonyl (C=O) groups is 1. The molecule has 0 saturated heterocycles. The number of amides is 1. The van der Waals surface area contributed by atoms with Crippen molar-refractivity contribution >= 4 is 28.3 Å². The lowest BCUT2D eigenvalue weighted by Gasteiger charge is -2.30. The third-order valence-electron chi connectivity index (χ3n) is 6.96. The van der Waals surface area contributed by atoms with Crippen molar-refractivity contribution in [1.29, 1.82) is 0 Å². The van der Waals surface area contributed by atoms with Gasteiger partial charge in [-0.2, -0.15) is 0 Å². The van der Waals surface area contributed by atoms with Gasteiger partial charge in [0.05, 0.1) is 5.52 Å². The Bertz CT molecular complexity index is 1090. The first kappa shape index (κ1) is 20.8. The van der Waals surface area contributed by atoms with Gasteiger partial charge in [-0.3, -0.25) is 4.79 Å². The van der Waals surface area contributed by atoms with Crippen molar-refractivity contribution in [1.82, 2.24) is 10.3 Å². The molecule has 5 rings (SSSR count). The maximum absolute atomic E-state index is 12.7. The summed E-state index contributed by atoms with van der Waals surface area (Å²) in [6.07, 6.45) is 5.10. The highest BCUT2D eigenvalue weighted by Gasteiger charge is 2.44. The van der Waals surface area contributed by atoms with Gasteiger partial charge in [0.25, 0.3) is 0 Å². The molecule has 1 heterocycles. The zero-order valence-electron chi connectivity index (χ0n) is 18.9. The zero-order chi connectivity index (χ0) is 22.1. The predicted octanol–water partition coefficient (Wildman–Crippen LogP) is 4.94. The van der Waals surface area contributed by atoms with Crippen LogP contribution in [0.4, 0.5) is 11.5 Å². The Kier molecular flexibility index (Phi) is 5.73. The van der Waals surface area contributed by atoms with Crippen molar-refractivity contribution < 1.29 is 4.79 Å². The Morgan fingerprint density at radius 2 is 1.62 bits per heavy atom. The van der Waals surface area contributed by atoms with Crippen LogP contribution in [0.1, 0.15) is 43.6 Å². The summed E-state index contributed by atoms with van der Waals surface area (Å²) in [7, 11) is 4.14. The van der Waals surface area contributed by atoms with Crippen molar-refractivity contribution in [3.63, 3.8) is 0 Å². The molecule has 2 atom stereocenters. The van der Waals surface area contributed by atoms with Crippen LogP contribution < -0.4 is 15.5 Å². The van der Waals surface area contributed by atoms with Gasteiger partial charge in [-0.05, 0) is 49.7 Å². The first-order valence-electron chi connectivity index (χ1n) is 11.8. The maximum Gasteiger partial charge on any atom is 0.223 e. The van der Waals surface area contributed by atoms with Crippen molar-refractivity contribution in [3.05, 3.63) is 66.2 Å². The summed E-state index contributed by atoms with van der Waals surface area (Å²) < 4.78 is 0. The van der Waals surface area contributed by atoms with Crippen LogP contribution >= 0.6 is 0 Å².